The average molecular weight is 659 g/mol. The lowest BCUT2D eigenvalue weighted by atomic mass is 9.63. The van der Waals surface area contributed by atoms with Crippen LogP contribution in [0.25, 0.3) is 32.7 Å². The number of rotatable bonds is 6. The van der Waals surface area contributed by atoms with Crippen LogP contribution in [0.4, 0.5) is 0 Å². The summed E-state index contributed by atoms with van der Waals surface area (Å²) in [6.45, 7) is 4.08. The van der Waals surface area contributed by atoms with Crippen LogP contribution < -0.4 is 13.9 Å². The molecule has 3 fully saturated rings. The van der Waals surface area contributed by atoms with Crippen LogP contribution >= 0.6 is 7.94 Å². The highest BCUT2D eigenvalue weighted by Crippen LogP contribution is 2.65. The molecule has 9 nitrogen and oxygen atoms in total. The summed E-state index contributed by atoms with van der Waals surface area (Å²) < 4.78 is 43.5. The molecule has 0 radical (unpaired) electrons. The minimum atomic E-state index is -4.22. The van der Waals surface area contributed by atoms with E-state index in [9.17, 15) is 4.79 Å². The summed E-state index contributed by atoms with van der Waals surface area (Å²) in [7, 11) is -2.92. The van der Waals surface area contributed by atoms with Gasteiger partial charge < -0.3 is 37.6 Å². The molecular weight excluding hydrogens is 619 g/mol. The maximum absolute atomic E-state index is 15.2. The fraction of sp³-hybridized carbons (Fsp3) is 0.432. The van der Waals surface area contributed by atoms with Crippen molar-refractivity contribution in [1.29, 1.82) is 0 Å². The van der Waals surface area contributed by atoms with Gasteiger partial charge in [-0.2, -0.15) is 0 Å². The quantitative estimate of drug-likeness (QED) is 0.161. The molecule has 1 unspecified atom stereocenters. The predicted octanol–water partition coefficient (Wildman–Crippen LogP) is 6.94. The van der Waals surface area contributed by atoms with Gasteiger partial charge in [0, 0.05) is 30.4 Å². The molecule has 2 spiro atoms. The Labute approximate surface area is 274 Å². The van der Waals surface area contributed by atoms with Gasteiger partial charge in [0.15, 0.2) is 23.1 Å². The zero-order valence-electron chi connectivity index (χ0n) is 26.7. The monoisotopic (exact) mass is 658 g/mol. The molecule has 0 bridgehead atoms. The van der Waals surface area contributed by atoms with Crippen molar-refractivity contribution in [2.75, 3.05) is 33.5 Å². The molecule has 0 amide bonds. The second-order valence-corrected chi connectivity index (χ2v) is 15.1. The first-order valence-corrected chi connectivity index (χ1v) is 18.1. The van der Waals surface area contributed by atoms with Crippen molar-refractivity contribution in [3.8, 4) is 22.6 Å². The minimum Gasteiger partial charge on any atom is -0.616 e. The highest BCUT2D eigenvalue weighted by molar-refractivity contribution is 7.61. The normalized spacial score (nSPS) is 22.3. The van der Waals surface area contributed by atoms with Gasteiger partial charge in [-0.05, 0) is 59.9 Å². The molecule has 246 valence electrons. The molecule has 3 heterocycles. The Balaban J connectivity index is 1.18. The Morgan fingerprint density at radius 3 is 1.77 bits per heavy atom. The first kappa shape index (κ1) is 31.0. The zero-order valence-corrected chi connectivity index (χ0v) is 27.6. The number of hydrogen-bond donors (Lipinski definition) is 0. The van der Waals surface area contributed by atoms with Crippen molar-refractivity contribution in [2.45, 2.75) is 62.7 Å². The van der Waals surface area contributed by atoms with Crippen molar-refractivity contribution in [1.82, 2.24) is 0 Å². The van der Waals surface area contributed by atoms with Crippen molar-refractivity contribution in [2.24, 2.45) is 5.41 Å². The highest BCUT2D eigenvalue weighted by Gasteiger charge is 2.68. The number of carbonyl (C=O) groups is 1. The fourth-order valence-electron chi connectivity index (χ4n) is 8.39. The molecule has 4 aliphatic rings. The Morgan fingerprint density at radius 2 is 1.28 bits per heavy atom. The van der Waals surface area contributed by atoms with Crippen LogP contribution in [-0.2, 0) is 28.5 Å². The van der Waals surface area contributed by atoms with E-state index >= 15 is 4.89 Å². The van der Waals surface area contributed by atoms with Crippen molar-refractivity contribution < 1.29 is 42.4 Å². The molecule has 0 aromatic heterocycles. The summed E-state index contributed by atoms with van der Waals surface area (Å²) in [4.78, 5) is 28.8. The number of fused-ring (bicyclic) bond motifs is 7. The van der Waals surface area contributed by atoms with E-state index in [4.69, 9.17) is 32.7 Å². The van der Waals surface area contributed by atoms with Crippen LogP contribution in [0.1, 0.15) is 45.4 Å². The number of methoxy groups -OCH3 is 1. The Kier molecular flexibility index (Phi) is 7.71. The number of benzene rings is 4. The highest BCUT2D eigenvalue weighted by atomic mass is 31.2. The van der Waals surface area contributed by atoms with Gasteiger partial charge in [0.05, 0.1) is 39.0 Å². The summed E-state index contributed by atoms with van der Waals surface area (Å²) in [6.07, 6.45) is 3.46. The minimum absolute atomic E-state index is 0.178. The van der Waals surface area contributed by atoms with E-state index in [0.29, 0.717) is 50.8 Å². The molecule has 4 aromatic rings. The first-order chi connectivity index (χ1) is 22.8. The molecule has 3 aliphatic heterocycles. The number of hydrogen-bond acceptors (Lipinski definition) is 9. The largest absolute Gasteiger partial charge is 0.616 e. The van der Waals surface area contributed by atoms with Crippen LogP contribution in [-0.4, -0.2) is 56.7 Å². The number of ether oxygens (including phenoxy) is 5. The summed E-state index contributed by atoms with van der Waals surface area (Å²) in [6, 6.07) is 23.5. The van der Waals surface area contributed by atoms with Crippen molar-refractivity contribution in [3.05, 3.63) is 72.8 Å². The van der Waals surface area contributed by atoms with E-state index in [1.807, 2.05) is 72.8 Å². The van der Waals surface area contributed by atoms with Crippen molar-refractivity contribution >= 4 is 35.5 Å². The molecule has 2 saturated heterocycles. The van der Waals surface area contributed by atoms with Crippen LogP contribution in [0.5, 0.6) is 11.5 Å². The van der Waals surface area contributed by atoms with E-state index in [2.05, 4.69) is 6.92 Å². The molecule has 47 heavy (non-hydrogen) atoms. The third-order valence-corrected chi connectivity index (χ3v) is 12.8. The van der Waals surface area contributed by atoms with E-state index in [1.165, 1.54) is 7.11 Å². The van der Waals surface area contributed by atoms with Gasteiger partial charge >= 0.3 is 13.9 Å². The SMILES string of the molecule is COC(=O)C(CCCC1(C)C2(CCCC13OCCO3)OCCO2)[P+]1([O-])Oc2ccc3ccccc3c2-c2c(ccc3ccccc23)O1. The maximum Gasteiger partial charge on any atom is 0.353 e. The molecule has 10 heteroatoms. The average Bonchev–Trinajstić information content (AvgIpc) is 3.75. The Hall–Kier alpha value is -3.30. The van der Waals surface area contributed by atoms with Gasteiger partial charge in [0.1, 0.15) is 0 Å². The molecule has 1 aliphatic carbocycles. The molecule has 1 saturated carbocycles. The Morgan fingerprint density at radius 1 is 0.787 bits per heavy atom. The lowest BCUT2D eigenvalue weighted by Gasteiger charge is -2.56. The van der Waals surface area contributed by atoms with Gasteiger partial charge in [-0.3, -0.25) is 0 Å². The van der Waals surface area contributed by atoms with Gasteiger partial charge in [-0.15, -0.1) is 0 Å². The second-order valence-electron chi connectivity index (χ2n) is 13.1. The van der Waals surface area contributed by atoms with Gasteiger partial charge in [0.25, 0.3) is 0 Å². The molecule has 0 N–H and O–H groups in total. The summed E-state index contributed by atoms with van der Waals surface area (Å²) >= 11 is 0. The van der Waals surface area contributed by atoms with E-state index < -0.39 is 36.6 Å². The predicted molar refractivity (Wildman–Crippen MR) is 176 cm³/mol. The standard InChI is InChI=1S/C37H39O9P/c1-35(36(41-21-22-42-36)19-8-20-37(35)43-23-24-44-37)18-7-13-31(34(38)40-2)47(39)45-29-16-14-25-9-3-5-11-27(25)32(29)33-28-12-6-4-10-26(28)15-17-30(33)46-47/h3-6,9-12,14-17,31H,7-8,13,18-24H2,1-2H3. The molecular formula is C37H39O9P. The third-order valence-electron chi connectivity index (χ3n) is 10.7. The van der Waals surface area contributed by atoms with E-state index in [1.54, 1.807) is 0 Å². The lowest BCUT2D eigenvalue weighted by molar-refractivity contribution is -0.363. The van der Waals surface area contributed by atoms with Crippen LogP contribution in [0.15, 0.2) is 72.8 Å². The first-order valence-electron chi connectivity index (χ1n) is 16.5. The maximum atomic E-state index is 15.2. The van der Waals surface area contributed by atoms with Gasteiger partial charge in [0.2, 0.25) is 5.66 Å². The van der Waals surface area contributed by atoms with Gasteiger partial charge in [-0.1, -0.05) is 60.7 Å². The van der Waals surface area contributed by atoms with Crippen LogP contribution in [0.2, 0.25) is 0 Å². The van der Waals surface area contributed by atoms with E-state index in [-0.39, 0.29) is 6.42 Å². The molecule has 1 atom stereocenters. The third kappa shape index (κ3) is 4.78. The Bertz CT molecular complexity index is 1720. The molecule has 8 rings (SSSR count). The number of carbonyl (C=O) groups excluding carboxylic acids is 1. The molecule has 4 aromatic carbocycles. The lowest BCUT2D eigenvalue weighted by Crippen LogP contribution is -2.64. The summed E-state index contributed by atoms with van der Waals surface area (Å²) in [5, 5.41) is 3.88. The van der Waals surface area contributed by atoms with E-state index in [0.717, 1.165) is 51.9 Å². The number of esters is 1. The zero-order chi connectivity index (χ0) is 32.3. The van der Waals surface area contributed by atoms with Gasteiger partial charge in [-0.25, -0.2) is 4.79 Å². The van der Waals surface area contributed by atoms with Crippen LogP contribution in [0, 0.1) is 5.41 Å². The smallest absolute Gasteiger partial charge is 0.353 e. The topological polar surface area (TPSA) is 105 Å². The second kappa shape index (κ2) is 11.7. The summed E-state index contributed by atoms with van der Waals surface area (Å²) in [5.41, 5.74) is -0.316. The fourth-order valence-corrected chi connectivity index (χ4v) is 10.4. The van der Waals surface area contributed by atoms with Crippen LogP contribution in [0.3, 0.4) is 0 Å². The van der Waals surface area contributed by atoms with Crippen molar-refractivity contribution in [3.63, 3.8) is 0 Å². The summed E-state index contributed by atoms with van der Waals surface area (Å²) in [5.74, 6) is -1.59.